The molecule has 0 aromatic carbocycles. The van der Waals surface area contributed by atoms with Crippen LogP contribution in [0.3, 0.4) is 0 Å². The zero-order valence-electron chi connectivity index (χ0n) is 37.3. The van der Waals surface area contributed by atoms with Crippen LogP contribution in [0.1, 0.15) is 226 Å². The van der Waals surface area contributed by atoms with Gasteiger partial charge in [0.1, 0.15) is 13.2 Å². The fraction of sp³-hybridized carbons (Fsp3) is 0.745. The molecule has 0 bridgehead atoms. The number of allylic oxidation sites excluding steroid dienone is 10. The monoisotopic (exact) mass is 797 g/mol. The van der Waals surface area contributed by atoms with E-state index in [2.05, 4.69) is 81.5 Å². The van der Waals surface area contributed by atoms with E-state index in [9.17, 15) is 14.4 Å². The quantitative estimate of drug-likeness (QED) is 0.0265. The Morgan fingerprint density at radius 3 is 1.14 bits per heavy atom. The van der Waals surface area contributed by atoms with Crippen LogP contribution >= 0.6 is 0 Å². The van der Waals surface area contributed by atoms with Crippen LogP contribution in [0.5, 0.6) is 0 Å². The van der Waals surface area contributed by atoms with Gasteiger partial charge in [0.25, 0.3) is 0 Å². The van der Waals surface area contributed by atoms with Crippen molar-refractivity contribution in [3.63, 3.8) is 0 Å². The van der Waals surface area contributed by atoms with Crippen molar-refractivity contribution >= 4 is 17.9 Å². The van der Waals surface area contributed by atoms with Crippen LogP contribution in [0.4, 0.5) is 0 Å². The molecule has 1 atom stereocenters. The molecule has 0 N–H and O–H groups in total. The largest absolute Gasteiger partial charge is 0.462 e. The van der Waals surface area contributed by atoms with Crippen LogP contribution in [0.15, 0.2) is 60.8 Å². The second-order valence-electron chi connectivity index (χ2n) is 15.7. The van der Waals surface area contributed by atoms with Crippen molar-refractivity contribution in [3.8, 4) is 0 Å². The number of hydrogen-bond acceptors (Lipinski definition) is 6. The van der Waals surface area contributed by atoms with Gasteiger partial charge in [-0.3, -0.25) is 14.4 Å². The van der Waals surface area contributed by atoms with Crippen molar-refractivity contribution in [2.75, 3.05) is 13.2 Å². The van der Waals surface area contributed by atoms with Crippen LogP contribution in [0.25, 0.3) is 0 Å². The van der Waals surface area contributed by atoms with E-state index in [1.54, 1.807) is 0 Å². The molecule has 0 aliphatic heterocycles. The number of unbranched alkanes of at least 4 members (excludes halogenated alkanes) is 24. The van der Waals surface area contributed by atoms with Crippen molar-refractivity contribution in [3.05, 3.63) is 60.8 Å². The van der Waals surface area contributed by atoms with E-state index in [0.29, 0.717) is 19.3 Å². The summed E-state index contributed by atoms with van der Waals surface area (Å²) in [6.07, 6.45) is 54.8. The molecule has 57 heavy (non-hydrogen) atoms. The van der Waals surface area contributed by atoms with Crippen LogP contribution in [0, 0.1) is 0 Å². The summed E-state index contributed by atoms with van der Waals surface area (Å²) in [5, 5.41) is 0. The lowest BCUT2D eigenvalue weighted by Crippen LogP contribution is -2.30. The molecule has 0 amide bonds. The molecule has 0 aliphatic rings. The molecule has 6 nitrogen and oxygen atoms in total. The molecule has 0 fully saturated rings. The Labute approximate surface area is 351 Å². The Balaban J connectivity index is 4.41. The number of ether oxygens (including phenoxy) is 3. The highest BCUT2D eigenvalue weighted by molar-refractivity contribution is 5.71. The van der Waals surface area contributed by atoms with E-state index in [1.807, 2.05) is 0 Å². The first kappa shape index (κ1) is 54.1. The molecule has 0 aromatic rings. The van der Waals surface area contributed by atoms with Crippen LogP contribution in [-0.4, -0.2) is 37.2 Å². The standard InChI is InChI=1S/C51H88O6/c1-4-7-10-13-16-19-22-24-25-27-29-32-35-38-41-44-50(53)56-47-48(46-55-49(52)43-40-37-34-31-28-21-18-15-12-9-6-3)57-51(54)45-42-39-36-33-30-26-23-20-17-14-11-8-5-2/h7,10,13,15-16,18-19,21-22,28,48H,4-6,8-9,11-12,14,17,20,23-27,29-47H2,1-3H3/b10-7-,16-13-,18-15-,22-19-,28-21-. The van der Waals surface area contributed by atoms with E-state index in [1.165, 1.54) is 103 Å². The Hall–Kier alpha value is -2.89. The van der Waals surface area contributed by atoms with Gasteiger partial charge in [-0.25, -0.2) is 0 Å². The molecule has 0 radical (unpaired) electrons. The first-order valence-corrected chi connectivity index (χ1v) is 23.8. The average Bonchev–Trinajstić information content (AvgIpc) is 3.21. The maximum atomic E-state index is 12.7. The predicted octanol–water partition coefficient (Wildman–Crippen LogP) is 15.3. The average molecular weight is 797 g/mol. The molecule has 1 unspecified atom stereocenters. The minimum Gasteiger partial charge on any atom is -0.462 e. The highest BCUT2D eigenvalue weighted by Gasteiger charge is 2.19. The van der Waals surface area contributed by atoms with E-state index in [-0.39, 0.29) is 31.1 Å². The van der Waals surface area contributed by atoms with E-state index >= 15 is 0 Å². The highest BCUT2D eigenvalue weighted by Crippen LogP contribution is 2.15. The van der Waals surface area contributed by atoms with Crippen LogP contribution < -0.4 is 0 Å². The third-order valence-electron chi connectivity index (χ3n) is 10.1. The Bertz CT molecular complexity index is 1050. The Morgan fingerprint density at radius 1 is 0.368 bits per heavy atom. The summed E-state index contributed by atoms with van der Waals surface area (Å²) in [6, 6.07) is 0. The molecule has 0 rings (SSSR count). The van der Waals surface area contributed by atoms with Gasteiger partial charge in [-0.15, -0.1) is 0 Å². The van der Waals surface area contributed by atoms with Gasteiger partial charge in [0.05, 0.1) is 0 Å². The maximum absolute atomic E-state index is 12.7. The summed E-state index contributed by atoms with van der Waals surface area (Å²) >= 11 is 0. The summed E-state index contributed by atoms with van der Waals surface area (Å²) in [6.45, 7) is 6.41. The van der Waals surface area contributed by atoms with E-state index in [4.69, 9.17) is 14.2 Å². The molecule has 0 heterocycles. The first-order chi connectivity index (χ1) is 28.0. The molecule has 0 saturated carbocycles. The van der Waals surface area contributed by atoms with Gasteiger partial charge in [-0.2, -0.15) is 0 Å². The van der Waals surface area contributed by atoms with E-state index in [0.717, 1.165) is 83.5 Å². The van der Waals surface area contributed by atoms with Gasteiger partial charge >= 0.3 is 17.9 Å². The number of rotatable bonds is 42. The molecular formula is C51H88O6. The van der Waals surface area contributed by atoms with Gasteiger partial charge in [0.2, 0.25) is 0 Å². The third kappa shape index (κ3) is 44.1. The van der Waals surface area contributed by atoms with Crippen LogP contribution in [-0.2, 0) is 28.6 Å². The molecule has 328 valence electrons. The summed E-state index contributed by atoms with van der Waals surface area (Å²) in [7, 11) is 0. The molecule has 0 aromatic heterocycles. The fourth-order valence-corrected chi connectivity index (χ4v) is 6.48. The van der Waals surface area contributed by atoms with Gasteiger partial charge in [-0.1, -0.05) is 210 Å². The zero-order valence-corrected chi connectivity index (χ0v) is 37.3. The van der Waals surface area contributed by atoms with E-state index < -0.39 is 6.10 Å². The van der Waals surface area contributed by atoms with Crippen LogP contribution in [0.2, 0.25) is 0 Å². The first-order valence-electron chi connectivity index (χ1n) is 23.8. The zero-order chi connectivity index (χ0) is 41.5. The van der Waals surface area contributed by atoms with Crippen molar-refractivity contribution in [1.82, 2.24) is 0 Å². The lowest BCUT2D eigenvalue weighted by molar-refractivity contribution is -0.167. The topological polar surface area (TPSA) is 78.9 Å². The summed E-state index contributed by atoms with van der Waals surface area (Å²) in [5.41, 5.74) is 0. The lowest BCUT2D eigenvalue weighted by atomic mass is 10.0. The minimum absolute atomic E-state index is 0.0879. The fourth-order valence-electron chi connectivity index (χ4n) is 6.48. The molecule has 6 heteroatoms. The van der Waals surface area contributed by atoms with Gasteiger partial charge in [-0.05, 0) is 57.8 Å². The molecule has 0 saturated heterocycles. The summed E-state index contributed by atoms with van der Waals surface area (Å²) in [5.74, 6) is -0.927. The van der Waals surface area contributed by atoms with Gasteiger partial charge < -0.3 is 14.2 Å². The van der Waals surface area contributed by atoms with Crippen molar-refractivity contribution in [2.45, 2.75) is 232 Å². The SMILES string of the molecule is CC\C=C/C=C\C=C/CCCCCCCCCC(=O)OCC(COC(=O)CCCCC/C=C\C=C/CCCC)OC(=O)CCCCCCCCCCCCCCC. The molecule has 0 aliphatic carbocycles. The predicted molar refractivity (Wildman–Crippen MR) is 242 cm³/mol. The summed E-state index contributed by atoms with van der Waals surface area (Å²) < 4.78 is 16.7. The number of carbonyl (C=O) groups is 3. The van der Waals surface area contributed by atoms with Gasteiger partial charge in [0.15, 0.2) is 6.10 Å². The summed E-state index contributed by atoms with van der Waals surface area (Å²) in [4.78, 5) is 37.8. The minimum atomic E-state index is -0.786. The molecule has 0 spiro atoms. The number of hydrogen-bond donors (Lipinski definition) is 0. The van der Waals surface area contributed by atoms with Crippen molar-refractivity contribution in [1.29, 1.82) is 0 Å². The normalized spacial score (nSPS) is 12.5. The Kier molecular flexibility index (Phi) is 43.5. The molecular weight excluding hydrogens is 709 g/mol. The number of carbonyl (C=O) groups excluding carboxylic acids is 3. The van der Waals surface area contributed by atoms with Gasteiger partial charge in [0, 0.05) is 19.3 Å². The lowest BCUT2D eigenvalue weighted by Gasteiger charge is -2.18. The second-order valence-corrected chi connectivity index (χ2v) is 15.7. The smallest absolute Gasteiger partial charge is 0.306 e. The van der Waals surface area contributed by atoms with Crippen molar-refractivity contribution in [2.24, 2.45) is 0 Å². The number of esters is 3. The highest BCUT2D eigenvalue weighted by atomic mass is 16.6. The maximum Gasteiger partial charge on any atom is 0.306 e. The second kappa shape index (κ2) is 45.8. The van der Waals surface area contributed by atoms with Crippen molar-refractivity contribution < 1.29 is 28.6 Å². The third-order valence-corrected chi connectivity index (χ3v) is 10.1. The Morgan fingerprint density at radius 2 is 0.702 bits per heavy atom.